The number of amides is 3. The maximum Gasteiger partial charge on any atom is 0.331 e. The van der Waals surface area contributed by atoms with Gasteiger partial charge in [0.1, 0.15) is 15.5 Å². The van der Waals surface area contributed by atoms with E-state index in [-0.39, 0.29) is 31.4 Å². The van der Waals surface area contributed by atoms with Crippen LogP contribution in [0.5, 0.6) is 11.6 Å². The van der Waals surface area contributed by atoms with Crippen LogP contribution in [0.3, 0.4) is 0 Å². The Morgan fingerprint density at radius 1 is 1.19 bits per heavy atom. The average Bonchev–Trinajstić information content (AvgIpc) is 3.44. The summed E-state index contributed by atoms with van der Waals surface area (Å²) in [6.45, 7) is 1.90. The highest BCUT2D eigenvalue weighted by atomic mass is 32.1. The van der Waals surface area contributed by atoms with E-state index in [9.17, 15) is 9.59 Å². The number of hydrogen-bond donors (Lipinski definition) is 3. The van der Waals surface area contributed by atoms with E-state index in [1.807, 2.05) is 37.3 Å². The van der Waals surface area contributed by atoms with Gasteiger partial charge in [-0.2, -0.15) is 0 Å². The molecule has 1 fully saturated rings. The van der Waals surface area contributed by atoms with E-state index in [2.05, 4.69) is 20.6 Å². The first-order valence-corrected chi connectivity index (χ1v) is 12.6. The van der Waals surface area contributed by atoms with Crippen molar-refractivity contribution in [3.8, 4) is 11.6 Å². The molecule has 10 heteroatoms. The summed E-state index contributed by atoms with van der Waals surface area (Å²) >= 11 is 1.27. The van der Waals surface area contributed by atoms with Gasteiger partial charge in [-0.3, -0.25) is 9.69 Å². The minimum absolute atomic E-state index is 0. The van der Waals surface area contributed by atoms with Crippen LogP contribution in [0.15, 0.2) is 54.9 Å². The number of benzene rings is 1. The Labute approximate surface area is 218 Å². The molecule has 9 nitrogen and oxygen atoms in total. The second kappa shape index (κ2) is 9.79. The first-order valence-electron chi connectivity index (χ1n) is 11.8. The molecule has 2 aliphatic rings. The fourth-order valence-corrected chi connectivity index (χ4v) is 5.83. The van der Waals surface area contributed by atoms with Crippen molar-refractivity contribution in [2.24, 2.45) is 5.73 Å². The summed E-state index contributed by atoms with van der Waals surface area (Å²) in [5, 5.41) is 6.74. The molecule has 1 aliphatic heterocycles. The lowest BCUT2D eigenvalue weighted by Gasteiger charge is -2.29. The standard InChI is InChI=1S/C26H24N6O3S.CH4/c1-14-11-20(35-17-5-3-2-4-6-17)29-13-19(14)32-18-9-10-28-25-21(18)22(31-26(32)34)23(36-25)24(33)30-16-8-7-15(27)12-16;/h2-6,9-11,13,15-16H,7-8,12,27H2,1H3,(H,30,33)(H,31,34);1H4/t15-,16-;/m1./s1. The van der Waals surface area contributed by atoms with E-state index >= 15 is 0 Å². The molecule has 0 unspecified atom stereocenters. The third-order valence-electron chi connectivity index (χ3n) is 6.53. The Kier molecular flexibility index (Phi) is 6.53. The minimum Gasteiger partial charge on any atom is -0.439 e. The molecule has 0 radical (unpaired) electrons. The van der Waals surface area contributed by atoms with Gasteiger partial charge in [-0.15, -0.1) is 11.3 Å². The van der Waals surface area contributed by atoms with Crippen LogP contribution < -0.4 is 26.0 Å². The average molecular weight is 517 g/mol. The lowest BCUT2D eigenvalue weighted by atomic mass is 10.1. The fraction of sp³-hybridized carbons (Fsp3) is 0.259. The number of para-hydroxylation sites is 1. The summed E-state index contributed by atoms with van der Waals surface area (Å²) < 4.78 is 5.84. The van der Waals surface area contributed by atoms with Gasteiger partial charge < -0.3 is 21.1 Å². The van der Waals surface area contributed by atoms with Gasteiger partial charge in [0, 0.05) is 24.3 Å². The molecular formula is C27H28N6O3S. The summed E-state index contributed by atoms with van der Waals surface area (Å²) in [6.07, 6.45) is 5.77. The summed E-state index contributed by atoms with van der Waals surface area (Å²) in [5.41, 5.74) is 8.57. The number of nitrogens with zero attached hydrogens (tertiary/aromatic N) is 3. The zero-order valence-corrected chi connectivity index (χ0v) is 20.3. The Morgan fingerprint density at radius 2 is 2.00 bits per heavy atom. The lowest BCUT2D eigenvalue weighted by Crippen LogP contribution is -2.36. The van der Waals surface area contributed by atoms with Crippen LogP contribution in [0.25, 0.3) is 10.2 Å². The van der Waals surface area contributed by atoms with Crippen molar-refractivity contribution in [1.82, 2.24) is 15.3 Å². The summed E-state index contributed by atoms with van der Waals surface area (Å²) in [7, 11) is 0. The third-order valence-corrected chi connectivity index (χ3v) is 7.62. The highest BCUT2D eigenvalue weighted by Crippen LogP contribution is 2.46. The van der Waals surface area contributed by atoms with Crippen molar-refractivity contribution >= 4 is 50.6 Å². The monoisotopic (exact) mass is 516 g/mol. The van der Waals surface area contributed by atoms with E-state index in [0.717, 1.165) is 30.2 Å². The molecule has 4 aromatic rings. The van der Waals surface area contributed by atoms with Crippen molar-refractivity contribution in [3.63, 3.8) is 0 Å². The number of nitrogens with one attached hydrogen (secondary N) is 2. The number of nitrogens with two attached hydrogens (primary N) is 1. The molecule has 1 aliphatic carbocycles. The molecule has 4 heterocycles. The zero-order valence-electron chi connectivity index (χ0n) is 19.5. The van der Waals surface area contributed by atoms with Crippen LogP contribution in [0.1, 0.15) is 41.9 Å². The zero-order chi connectivity index (χ0) is 24.8. The molecule has 190 valence electrons. The van der Waals surface area contributed by atoms with Crippen molar-refractivity contribution in [2.45, 2.75) is 45.7 Å². The Bertz CT molecular complexity index is 1490. The van der Waals surface area contributed by atoms with E-state index in [1.165, 1.54) is 11.3 Å². The number of thiophene rings is 1. The summed E-state index contributed by atoms with van der Waals surface area (Å²) in [6, 6.07) is 12.7. The maximum absolute atomic E-state index is 13.4. The minimum atomic E-state index is -0.369. The van der Waals surface area contributed by atoms with Crippen LogP contribution in [0, 0.1) is 6.92 Å². The van der Waals surface area contributed by atoms with Gasteiger partial charge in [-0.05, 0) is 49.9 Å². The normalized spacial score (nSPS) is 18.3. The number of ether oxygens (including phenoxy) is 1. The summed E-state index contributed by atoms with van der Waals surface area (Å²) in [4.78, 5) is 38.1. The molecule has 1 saturated carbocycles. The fourth-order valence-electron chi connectivity index (χ4n) is 4.80. The van der Waals surface area contributed by atoms with Gasteiger partial charge in [-0.25, -0.2) is 14.8 Å². The molecule has 6 rings (SSSR count). The molecule has 37 heavy (non-hydrogen) atoms. The predicted octanol–water partition coefficient (Wildman–Crippen LogP) is 5.72. The number of hydrogen-bond acceptors (Lipinski definition) is 7. The Balaban J connectivity index is 0.00000280. The number of rotatable bonds is 5. The van der Waals surface area contributed by atoms with Gasteiger partial charge >= 0.3 is 6.03 Å². The Morgan fingerprint density at radius 3 is 2.73 bits per heavy atom. The van der Waals surface area contributed by atoms with Gasteiger partial charge in [0.2, 0.25) is 5.88 Å². The van der Waals surface area contributed by atoms with Crippen LogP contribution in [0.2, 0.25) is 0 Å². The molecule has 0 bridgehead atoms. The second-order valence-electron chi connectivity index (χ2n) is 9.05. The topological polar surface area (TPSA) is 122 Å². The van der Waals surface area contributed by atoms with Crippen molar-refractivity contribution in [3.05, 3.63) is 65.3 Å². The van der Waals surface area contributed by atoms with Crippen molar-refractivity contribution < 1.29 is 14.3 Å². The molecular weight excluding hydrogens is 488 g/mol. The molecule has 3 amide bonds. The lowest BCUT2D eigenvalue weighted by molar-refractivity contribution is 0.0942. The molecule has 1 aromatic carbocycles. The first-order chi connectivity index (χ1) is 17.5. The SMILES string of the molecule is C.Cc1cc(Oc2ccccc2)ncc1N1C(=O)Nc2c(C(=O)N[C@@H]3CC[C@@H](N)C3)sc3nccc1c23. The Hall–Kier alpha value is -4.02. The highest BCUT2D eigenvalue weighted by Gasteiger charge is 2.34. The van der Waals surface area contributed by atoms with E-state index < -0.39 is 0 Å². The van der Waals surface area contributed by atoms with Crippen LogP contribution in [-0.2, 0) is 0 Å². The number of carbonyl (C=O) groups is 2. The number of carbonyl (C=O) groups excluding carboxylic acids is 2. The number of aromatic nitrogens is 2. The largest absolute Gasteiger partial charge is 0.439 e. The molecule has 3 aromatic heterocycles. The molecule has 4 N–H and O–H groups in total. The number of urea groups is 1. The van der Waals surface area contributed by atoms with Gasteiger partial charge in [0.25, 0.3) is 5.91 Å². The molecule has 2 atom stereocenters. The van der Waals surface area contributed by atoms with Gasteiger partial charge in [0.15, 0.2) is 0 Å². The first kappa shape index (κ1) is 24.7. The van der Waals surface area contributed by atoms with Crippen molar-refractivity contribution in [2.75, 3.05) is 10.2 Å². The maximum atomic E-state index is 13.4. The van der Waals surface area contributed by atoms with E-state index in [1.54, 1.807) is 29.4 Å². The van der Waals surface area contributed by atoms with Crippen molar-refractivity contribution in [1.29, 1.82) is 0 Å². The van der Waals surface area contributed by atoms with E-state index in [4.69, 9.17) is 10.5 Å². The van der Waals surface area contributed by atoms with Crippen LogP contribution in [-0.4, -0.2) is 34.0 Å². The highest BCUT2D eigenvalue weighted by molar-refractivity contribution is 7.21. The van der Waals surface area contributed by atoms with E-state index in [0.29, 0.717) is 38.4 Å². The number of anilines is 3. The van der Waals surface area contributed by atoms with Gasteiger partial charge in [0.05, 0.1) is 28.6 Å². The predicted molar refractivity (Wildman–Crippen MR) is 146 cm³/mol. The van der Waals surface area contributed by atoms with Crippen LogP contribution >= 0.6 is 11.3 Å². The van der Waals surface area contributed by atoms with Crippen LogP contribution in [0.4, 0.5) is 21.9 Å². The quantitative estimate of drug-likeness (QED) is 0.312. The third kappa shape index (κ3) is 4.49. The van der Waals surface area contributed by atoms with Gasteiger partial charge in [-0.1, -0.05) is 25.6 Å². The molecule has 0 spiro atoms. The summed E-state index contributed by atoms with van der Waals surface area (Å²) in [5.74, 6) is 0.894. The number of aryl methyl sites for hydroxylation is 1. The smallest absolute Gasteiger partial charge is 0.331 e. The second-order valence-corrected chi connectivity index (χ2v) is 10.0. The number of pyridine rings is 2. The molecule has 0 saturated heterocycles.